The summed E-state index contributed by atoms with van der Waals surface area (Å²) in [5, 5.41) is 17.8. The van der Waals surface area contributed by atoms with Gasteiger partial charge in [-0.1, -0.05) is 13.3 Å². The van der Waals surface area contributed by atoms with Crippen LogP contribution in [-0.2, 0) is 0 Å². The van der Waals surface area contributed by atoms with Gasteiger partial charge in [-0.15, -0.1) is 0 Å². The van der Waals surface area contributed by atoms with Crippen molar-refractivity contribution in [3.63, 3.8) is 0 Å². The summed E-state index contributed by atoms with van der Waals surface area (Å²) in [7, 11) is 0. The number of hydrogen-bond acceptors (Lipinski definition) is 2. The molecule has 0 spiro atoms. The van der Waals surface area contributed by atoms with Gasteiger partial charge in [0, 0.05) is 0 Å². The summed E-state index contributed by atoms with van der Waals surface area (Å²) in [6, 6.07) is 2.24. The minimum absolute atomic E-state index is 0.0417. The van der Waals surface area contributed by atoms with Crippen LogP contribution in [-0.4, -0.2) is 11.7 Å². The van der Waals surface area contributed by atoms with Gasteiger partial charge in [-0.3, -0.25) is 0 Å². The molecule has 0 aromatic rings. The summed E-state index contributed by atoms with van der Waals surface area (Å²) in [5.41, 5.74) is -0.388. The summed E-state index contributed by atoms with van der Waals surface area (Å²) in [5.74, 6) is 0.668. The molecule has 11 heavy (non-hydrogen) atoms. The Morgan fingerprint density at radius 1 is 1.73 bits per heavy atom. The van der Waals surface area contributed by atoms with Crippen molar-refractivity contribution < 1.29 is 5.11 Å². The molecule has 1 saturated carbocycles. The van der Waals surface area contributed by atoms with Gasteiger partial charge in [0.15, 0.2) is 0 Å². The molecule has 2 heteroatoms. The van der Waals surface area contributed by atoms with E-state index < -0.39 is 0 Å². The largest absolute Gasteiger partial charge is 0.395 e. The molecule has 62 valence electrons. The Morgan fingerprint density at radius 2 is 2.45 bits per heavy atom. The Morgan fingerprint density at radius 3 is 2.73 bits per heavy atom. The minimum Gasteiger partial charge on any atom is -0.395 e. The summed E-state index contributed by atoms with van der Waals surface area (Å²) >= 11 is 0. The van der Waals surface area contributed by atoms with Gasteiger partial charge < -0.3 is 5.11 Å². The molecule has 0 aromatic heterocycles. The molecule has 0 heterocycles. The topological polar surface area (TPSA) is 44.0 Å². The average Bonchev–Trinajstić information content (AvgIpc) is 2.49. The molecule has 1 aliphatic carbocycles. The smallest absolute Gasteiger partial charge is 0.0806 e. The van der Waals surface area contributed by atoms with Crippen LogP contribution in [0, 0.1) is 22.7 Å². The third kappa shape index (κ3) is 1.54. The van der Waals surface area contributed by atoms with Gasteiger partial charge in [0.1, 0.15) is 0 Å². The maximum Gasteiger partial charge on any atom is 0.0806 e. The molecule has 0 radical (unpaired) electrons. The van der Waals surface area contributed by atoms with Gasteiger partial charge in [-0.25, -0.2) is 0 Å². The van der Waals surface area contributed by atoms with E-state index in [1.54, 1.807) is 0 Å². The molecule has 1 fully saturated rings. The molecule has 1 N–H and O–H groups in total. The van der Waals surface area contributed by atoms with Gasteiger partial charge in [0.05, 0.1) is 18.1 Å². The van der Waals surface area contributed by atoms with Crippen molar-refractivity contribution in [1.82, 2.24) is 0 Å². The maximum atomic E-state index is 9.01. The number of aliphatic hydroxyl groups is 1. The van der Waals surface area contributed by atoms with Crippen LogP contribution in [0.2, 0.25) is 0 Å². The maximum absolute atomic E-state index is 9.01. The second-order valence-electron chi connectivity index (χ2n) is 3.57. The molecule has 2 atom stereocenters. The first-order valence-corrected chi connectivity index (χ1v) is 4.28. The Bertz CT molecular complexity index is 173. The Hall–Kier alpha value is -0.550. The van der Waals surface area contributed by atoms with Crippen LogP contribution in [0.3, 0.4) is 0 Å². The number of rotatable bonds is 2. The Balaban J connectivity index is 2.57. The fourth-order valence-electron chi connectivity index (χ4n) is 1.87. The van der Waals surface area contributed by atoms with Gasteiger partial charge in [-0.2, -0.15) is 5.26 Å². The molecule has 1 rings (SSSR count). The predicted octanol–water partition coefficient (Wildman–Crippen LogP) is 1.70. The number of nitriles is 1. The van der Waals surface area contributed by atoms with Crippen LogP contribution in [0.4, 0.5) is 0 Å². The van der Waals surface area contributed by atoms with Crippen molar-refractivity contribution >= 4 is 0 Å². The van der Waals surface area contributed by atoms with Gasteiger partial charge >= 0.3 is 0 Å². The molecule has 0 aliphatic heterocycles. The van der Waals surface area contributed by atoms with Crippen molar-refractivity contribution in [2.24, 2.45) is 11.3 Å². The zero-order chi connectivity index (χ0) is 8.32. The standard InChI is InChI=1S/C9H15NO/c1-2-8-3-4-9(5-8,6-10)7-11/h8,11H,2-5,7H2,1H3. The first kappa shape index (κ1) is 8.55. The first-order chi connectivity index (χ1) is 5.26. The fourth-order valence-corrected chi connectivity index (χ4v) is 1.87. The van der Waals surface area contributed by atoms with Crippen molar-refractivity contribution in [2.75, 3.05) is 6.61 Å². The minimum atomic E-state index is -0.388. The van der Waals surface area contributed by atoms with Gasteiger partial charge in [-0.05, 0) is 25.2 Å². The lowest BCUT2D eigenvalue weighted by Gasteiger charge is -2.16. The molecule has 0 aromatic carbocycles. The van der Waals surface area contributed by atoms with E-state index in [2.05, 4.69) is 13.0 Å². The molecule has 0 bridgehead atoms. The number of hydrogen-bond donors (Lipinski definition) is 1. The lowest BCUT2D eigenvalue weighted by molar-refractivity contribution is 0.175. The summed E-state index contributed by atoms with van der Waals surface area (Å²) in [6.07, 6.45) is 4.04. The van der Waals surface area contributed by atoms with Crippen LogP contribution >= 0.6 is 0 Å². The van der Waals surface area contributed by atoms with E-state index in [0.717, 1.165) is 25.7 Å². The van der Waals surface area contributed by atoms with Crippen LogP contribution < -0.4 is 0 Å². The fraction of sp³-hybridized carbons (Fsp3) is 0.889. The SMILES string of the molecule is CCC1CCC(C#N)(CO)C1. The Labute approximate surface area is 67.8 Å². The average molecular weight is 153 g/mol. The van der Waals surface area contributed by atoms with E-state index in [9.17, 15) is 0 Å². The number of aliphatic hydroxyl groups excluding tert-OH is 1. The second kappa shape index (κ2) is 3.23. The van der Waals surface area contributed by atoms with Crippen LogP contribution in [0.1, 0.15) is 32.6 Å². The van der Waals surface area contributed by atoms with E-state index in [0.29, 0.717) is 5.92 Å². The number of nitrogens with zero attached hydrogens (tertiary/aromatic N) is 1. The van der Waals surface area contributed by atoms with E-state index in [-0.39, 0.29) is 12.0 Å². The lowest BCUT2D eigenvalue weighted by atomic mass is 9.88. The zero-order valence-electron chi connectivity index (χ0n) is 7.01. The molecular weight excluding hydrogens is 138 g/mol. The zero-order valence-corrected chi connectivity index (χ0v) is 7.01. The Kier molecular flexibility index (Phi) is 2.51. The van der Waals surface area contributed by atoms with Gasteiger partial charge in [0.25, 0.3) is 0 Å². The molecular formula is C9H15NO. The monoisotopic (exact) mass is 153 g/mol. The van der Waals surface area contributed by atoms with Crippen molar-refractivity contribution in [1.29, 1.82) is 5.26 Å². The highest BCUT2D eigenvalue weighted by Gasteiger charge is 2.37. The van der Waals surface area contributed by atoms with Crippen molar-refractivity contribution in [3.8, 4) is 6.07 Å². The molecule has 0 saturated heterocycles. The third-order valence-electron chi connectivity index (χ3n) is 2.83. The van der Waals surface area contributed by atoms with Crippen LogP contribution in [0.15, 0.2) is 0 Å². The highest BCUT2D eigenvalue weighted by atomic mass is 16.3. The molecule has 1 aliphatic rings. The normalized spacial score (nSPS) is 37.0. The highest BCUT2D eigenvalue weighted by molar-refractivity contribution is 5.03. The predicted molar refractivity (Wildman–Crippen MR) is 42.8 cm³/mol. The van der Waals surface area contributed by atoms with Crippen molar-refractivity contribution in [2.45, 2.75) is 32.6 Å². The molecule has 2 unspecified atom stereocenters. The highest BCUT2D eigenvalue weighted by Crippen LogP contribution is 2.42. The first-order valence-electron chi connectivity index (χ1n) is 4.28. The van der Waals surface area contributed by atoms with Crippen LogP contribution in [0.25, 0.3) is 0 Å². The molecule has 2 nitrogen and oxygen atoms in total. The van der Waals surface area contributed by atoms with Gasteiger partial charge in [0.2, 0.25) is 0 Å². The van der Waals surface area contributed by atoms with Crippen molar-refractivity contribution in [3.05, 3.63) is 0 Å². The van der Waals surface area contributed by atoms with Crippen LogP contribution in [0.5, 0.6) is 0 Å². The van der Waals surface area contributed by atoms with E-state index in [1.165, 1.54) is 0 Å². The molecule has 0 amide bonds. The summed E-state index contributed by atoms with van der Waals surface area (Å²) < 4.78 is 0. The summed E-state index contributed by atoms with van der Waals surface area (Å²) in [6.45, 7) is 2.19. The lowest BCUT2D eigenvalue weighted by Crippen LogP contribution is -2.19. The summed E-state index contributed by atoms with van der Waals surface area (Å²) in [4.78, 5) is 0. The van der Waals surface area contributed by atoms with E-state index in [4.69, 9.17) is 10.4 Å². The van der Waals surface area contributed by atoms with E-state index in [1.807, 2.05) is 0 Å². The third-order valence-corrected chi connectivity index (χ3v) is 2.83. The quantitative estimate of drug-likeness (QED) is 0.656. The van der Waals surface area contributed by atoms with E-state index >= 15 is 0 Å². The second-order valence-corrected chi connectivity index (χ2v) is 3.57.